The van der Waals surface area contributed by atoms with E-state index in [0.717, 1.165) is 28.8 Å². The molecular weight excluding hydrogens is 236 g/mol. The summed E-state index contributed by atoms with van der Waals surface area (Å²) >= 11 is 0. The zero-order valence-electron chi connectivity index (χ0n) is 11.3. The summed E-state index contributed by atoms with van der Waals surface area (Å²) in [5.74, 6) is 0.834. The van der Waals surface area contributed by atoms with Gasteiger partial charge < -0.3 is 10.4 Å². The number of benzene rings is 1. The zero-order valence-corrected chi connectivity index (χ0v) is 11.3. The summed E-state index contributed by atoms with van der Waals surface area (Å²) in [6, 6.07) is 10.0. The van der Waals surface area contributed by atoms with E-state index >= 15 is 0 Å². The van der Waals surface area contributed by atoms with E-state index in [0.29, 0.717) is 5.41 Å². The largest absolute Gasteiger partial charge is 0.392 e. The van der Waals surface area contributed by atoms with Crippen molar-refractivity contribution in [3.63, 3.8) is 0 Å². The van der Waals surface area contributed by atoms with Gasteiger partial charge in [-0.2, -0.15) is 0 Å². The number of aliphatic hydroxyl groups is 1. The van der Waals surface area contributed by atoms with Gasteiger partial charge in [0.2, 0.25) is 0 Å². The highest BCUT2D eigenvalue weighted by molar-refractivity contribution is 5.81. The highest BCUT2D eigenvalue weighted by Gasteiger charge is 2.40. The van der Waals surface area contributed by atoms with Crippen LogP contribution in [0.3, 0.4) is 0 Å². The molecule has 0 radical (unpaired) electrons. The van der Waals surface area contributed by atoms with Gasteiger partial charge >= 0.3 is 0 Å². The van der Waals surface area contributed by atoms with Crippen molar-refractivity contribution in [3.05, 3.63) is 35.9 Å². The monoisotopic (exact) mass is 256 g/mol. The maximum atomic E-state index is 9.50. The third-order valence-corrected chi connectivity index (χ3v) is 4.31. The predicted molar refractivity (Wildman–Crippen MR) is 78.1 cm³/mol. The molecule has 1 fully saturated rings. The number of nitrogens with zero attached hydrogens (tertiary/aromatic N) is 1. The number of fused-ring (bicyclic) bond motifs is 1. The van der Waals surface area contributed by atoms with Gasteiger partial charge in [-0.15, -0.1) is 0 Å². The number of rotatable bonds is 5. The molecule has 3 rings (SSSR count). The average molecular weight is 256 g/mol. The molecule has 0 amide bonds. The van der Waals surface area contributed by atoms with Gasteiger partial charge in [-0.1, -0.05) is 25.1 Å². The molecule has 100 valence electrons. The second-order valence-corrected chi connectivity index (χ2v) is 5.55. The van der Waals surface area contributed by atoms with Crippen LogP contribution in [0.15, 0.2) is 30.3 Å². The lowest BCUT2D eigenvalue weighted by molar-refractivity contribution is 0.282. The fourth-order valence-electron chi connectivity index (χ4n) is 2.54. The van der Waals surface area contributed by atoms with Crippen LogP contribution in [0.2, 0.25) is 0 Å². The molecule has 0 bridgehead atoms. The van der Waals surface area contributed by atoms with Crippen molar-refractivity contribution in [2.45, 2.75) is 32.8 Å². The van der Waals surface area contributed by atoms with Crippen LogP contribution >= 0.6 is 0 Å². The van der Waals surface area contributed by atoms with E-state index in [-0.39, 0.29) is 6.61 Å². The number of aliphatic hydroxyl groups excluding tert-OH is 1. The minimum Gasteiger partial charge on any atom is -0.392 e. The number of pyridine rings is 1. The maximum Gasteiger partial charge on any atom is 0.132 e. The Bertz CT molecular complexity index is 590. The third-order valence-electron chi connectivity index (χ3n) is 4.31. The number of aromatic nitrogens is 1. The Morgan fingerprint density at radius 1 is 1.32 bits per heavy atom. The number of para-hydroxylation sites is 1. The third kappa shape index (κ3) is 2.43. The highest BCUT2D eigenvalue weighted by Crippen LogP contribution is 2.48. The number of hydrogen-bond donors (Lipinski definition) is 2. The number of hydrogen-bond acceptors (Lipinski definition) is 3. The van der Waals surface area contributed by atoms with Crippen LogP contribution in [0.25, 0.3) is 10.9 Å². The van der Waals surface area contributed by atoms with Crippen molar-refractivity contribution in [2.24, 2.45) is 5.41 Å². The minimum absolute atomic E-state index is 0.0271. The van der Waals surface area contributed by atoms with Gasteiger partial charge in [-0.25, -0.2) is 4.98 Å². The molecule has 1 saturated carbocycles. The molecule has 2 aromatic rings. The summed E-state index contributed by atoms with van der Waals surface area (Å²) in [7, 11) is 0. The fraction of sp³-hybridized carbons (Fsp3) is 0.438. The molecule has 0 saturated heterocycles. The predicted octanol–water partition coefficient (Wildman–Crippen LogP) is 3.33. The molecule has 0 atom stereocenters. The highest BCUT2D eigenvalue weighted by atomic mass is 16.3. The Hall–Kier alpha value is -1.61. The minimum atomic E-state index is 0.0271. The first-order chi connectivity index (χ1) is 9.26. The van der Waals surface area contributed by atoms with Gasteiger partial charge in [0, 0.05) is 17.5 Å². The van der Waals surface area contributed by atoms with Gasteiger partial charge in [0.1, 0.15) is 5.82 Å². The summed E-state index contributed by atoms with van der Waals surface area (Å²) in [6.07, 6.45) is 3.82. The topological polar surface area (TPSA) is 45.2 Å². The summed E-state index contributed by atoms with van der Waals surface area (Å²) < 4.78 is 0. The lowest BCUT2D eigenvalue weighted by Gasteiger charge is -2.16. The van der Waals surface area contributed by atoms with Crippen molar-refractivity contribution in [1.82, 2.24) is 4.98 Å². The molecule has 1 aromatic heterocycles. The van der Waals surface area contributed by atoms with E-state index in [1.807, 2.05) is 30.3 Å². The quantitative estimate of drug-likeness (QED) is 0.862. The van der Waals surface area contributed by atoms with E-state index in [4.69, 9.17) is 0 Å². The summed E-state index contributed by atoms with van der Waals surface area (Å²) in [6.45, 7) is 3.23. The molecule has 1 aliphatic carbocycles. The first-order valence-corrected chi connectivity index (χ1v) is 7.00. The van der Waals surface area contributed by atoms with Crippen LogP contribution < -0.4 is 5.32 Å². The van der Waals surface area contributed by atoms with Crippen molar-refractivity contribution in [1.29, 1.82) is 0 Å². The maximum absolute atomic E-state index is 9.50. The molecule has 0 unspecified atom stereocenters. The summed E-state index contributed by atoms with van der Waals surface area (Å²) in [4.78, 5) is 4.64. The van der Waals surface area contributed by atoms with Crippen LogP contribution in [0.1, 0.15) is 31.7 Å². The number of anilines is 1. The van der Waals surface area contributed by atoms with E-state index < -0.39 is 0 Å². The van der Waals surface area contributed by atoms with Crippen molar-refractivity contribution < 1.29 is 5.11 Å². The van der Waals surface area contributed by atoms with Crippen molar-refractivity contribution in [2.75, 3.05) is 11.9 Å². The van der Waals surface area contributed by atoms with E-state index in [9.17, 15) is 5.11 Å². The Labute approximate surface area is 113 Å². The smallest absolute Gasteiger partial charge is 0.132 e. The van der Waals surface area contributed by atoms with Crippen molar-refractivity contribution in [3.8, 4) is 0 Å². The Balaban J connectivity index is 1.88. The lowest BCUT2D eigenvalue weighted by Crippen LogP contribution is -2.16. The SMILES string of the molecule is CCC1(CNc2nc3ccccc3cc2CO)CC1. The molecule has 1 heterocycles. The van der Waals surface area contributed by atoms with Gasteiger partial charge in [0.05, 0.1) is 12.1 Å². The molecule has 3 nitrogen and oxygen atoms in total. The second-order valence-electron chi connectivity index (χ2n) is 5.55. The van der Waals surface area contributed by atoms with Crippen LogP contribution in [-0.4, -0.2) is 16.6 Å². The fourth-order valence-corrected chi connectivity index (χ4v) is 2.54. The summed E-state index contributed by atoms with van der Waals surface area (Å²) in [5, 5.41) is 14.0. The molecule has 19 heavy (non-hydrogen) atoms. The van der Waals surface area contributed by atoms with E-state index in [2.05, 4.69) is 17.2 Å². The number of nitrogens with one attached hydrogen (secondary N) is 1. The standard InChI is InChI=1S/C16H20N2O/c1-2-16(7-8-16)11-17-15-13(10-19)9-12-5-3-4-6-14(12)18-15/h3-6,9,19H,2,7-8,10-11H2,1H3,(H,17,18). The van der Waals surface area contributed by atoms with Crippen LogP contribution in [0.5, 0.6) is 0 Å². The van der Waals surface area contributed by atoms with Crippen LogP contribution in [0, 0.1) is 5.41 Å². The molecule has 1 aromatic carbocycles. The van der Waals surface area contributed by atoms with Gasteiger partial charge in [0.25, 0.3) is 0 Å². The van der Waals surface area contributed by atoms with Gasteiger partial charge in [-0.05, 0) is 36.8 Å². The van der Waals surface area contributed by atoms with Gasteiger partial charge in [0.15, 0.2) is 0 Å². The lowest BCUT2D eigenvalue weighted by atomic mass is 10.0. The molecule has 0 aliphatic heterocycles. The Morgan fingerprint density at radius 3 is 2.79 bits per heavy atom. The zero-order chi connectivity index (χ0) is 13.3. The van der Waals surface area contributed by atoms with Gasteiger partial charge in [-0.3, -0.25) is 0 Å². The second kappa shape index (κ2) is 4.82. The molecule has 2 N–H and O–H groups in total. The normalized spacial score (nSPS) is 16.5. The molecule has 3 heteroatoms. The van der Waals surface area contributed by atoms with Crippen LogP contribution in [-0.2, 0) is 6.61 Å². The Morgan fingerprint density at radius 2 is 2.11 bits per heavy atom. The molecule has 1 aliphatic rings. The molecule has 0 spiro atoms. The first kappa shape index (κ1) is 12.4. The average Bonchev–Trinajstić information content (AvgIpc) is 3.24. The van der Waals surface area contributed by atoms with Crippen molar-refractivity contribution >= 4 is 16.7 Å². The Kier molecular flexibility index (Phi) is 3.15. The van der Waals surface area contributed by atoms with E-state index in [1.54, 1.807) is 0 Å². The van der Waals surface area contributed by atoms with E-state index in [1.165, 1.54) is 19.3 Å². The molecular formula is C16H20N2O. The first-order valence-electron chi connectivity index (χ1n) is 7.00. The van der Waals surface area contributed by atoms with Crippen LogP contribution in [0.4, 0.5) is 5.82 Å². The summed E-state index contributed by atoms with van der Waals surface area (Å²) in [5.41, 5.74) is 2.33.